The third-order valence-corrected chi connectivity index (χ3v) is 3.86. The lowest BCUT2D eigenvalue weighted by atomic mass is 10.2. The standard InChI is InChI=1S/C17H13Cl2N3O2/c18-12-5-3-4-11(10-12)17(23)20-9-8-15-21-16(22-24-15)13-6-1-2-7-14(13)19/h1-7,10H,8-9H2,(H,20,23). The van der Waals surface area contributed by atoms with Gasteiger partial charge in [0.05, 0.1) is 5.02 Å². The highest BCUT2D eigenvalue weighted by Gasteiger charge is 2.12. The Morgan fingerprint density at radius 3 is 2.75 bits per heavy atom. The number of rotatable bonds is 5. The van der Waals surface area contributed by atoms with Crippen LogP contribution in [-0.2, 0) is 6.42 Å². The van der Waals surface area contributed by atoms with Crippen molar-refractivity contribution in [2.75, 3.05) is 6.54 Å². The highest BCUT2D eigenvalue weighted by Crippen LogP contribution is 2.24. The molecule has 1 amide bonds. The molecule has 0 radical (unpaired) electrons. The highest BCUT2D eigenvalue weighted by molar-refractivity contribution is 6.33. The summed E-state index contributed by atoms with van der Waals surface area (Å²) in [5.41, 5.74) is 1.21. The molecule has 3 rings (SSSR count). The first-order valence-corrected chi connectivity index (χ1v) is 8.00. The maximum Gasteiger partial charge on any atom is 0.251 e. The lowest BCUT2D eigenvalue weighted by Gasteiger charge is -2.03. The van der Waals surface area contributed by atoms with Gasteiger partial charge in [-0.2, -0.15) is 4.98 Å². The van der Waals surface area contributed by atoms with Crippen LogP contribution < -0.4 is 5.32 Å². The van der Waals surface area contributed by atoms with E-state index in [9.17, 15) is 4.79 Å². The normalized spacial score (nSPS) is 10.6. The van der Waals surface area contributed by atoms with Gasteiger partial charge in [-0.3, -0.25) is 4.79 Å². The molecule has 0 fully saturated rings. The van der Waals surface area contributed by atoms with E-state index in [-0.39, 0.29) is 5.91 Å². The lowest BCUT2D eigenvalue weighted by Crippen LogP contribution is -2.25. The van der Waals surface area contributed by atoms with E-state index in [1.165, 1.54) is 0 Å². The Labute approximate surface area is 148 Å². The summed E-state index contributed by atoms with van der Waals surface area (Å²) in [7, 11) is 0. The predicted molar refractivity (Wildman–Crippen MR) is 92.2 cm³/mol. The van der Waals surface area contributed by atoms with Crippen LogP contribution in [-0.4, -0.2) is 22.6 Å². The van der Waals surface area contributed by atoms with Crippen molar-refractivity contribution in [1.82, 2.24) is 15.5 Å². The molecule has 0 saturated carbocycles. The Morgan fingerprint density at radius 1 is 1.12 bits per heavy atom. The molecule has 0 aliphatic rings. The number of carbonyl (C=O) groups excluding carboxylic acids is 1. The SMILES string of the molecule is O=C(NCCc1nc(-c2ccccc2Cl)no1)c1cccc(Cl)c1. The molecule has 5 nitrogen and oxygen atoms in total. The van der Waals surface area contributed by atoms with E-state index in [2.05, 4.69) is 15.5 Å². The molecular weight excluding hydrogens is 349 g/mol. The number of amides is 1. The van der Waals surface area contributed by atoms with Crippen LogP contribution in [0.3, 0.4) is 0 Å². The van der Waals surface area contributed by atoms with Crippen molar-refractivity contribution < 1.29 is 9.32 Å². The Kier molecular flexibility index (Phi) is 5.13. The molecule has 0 aliphatic heterocycles. The number of carbonyl (C=O) groups is 1. The fraction of sp³-hybridized carbons (Fsp3) is 0.118. The third kappa shape index (κ3) is 3.93. The van der Waals surface area contributed by atoms with E-state index in [1.807, 2.05) is 18.2 Å². The lowest BCUT2D eigenvalue weighted by molar-refractivity contribution is 0.0953. The van der Waals surface area contributed by atoms with Crippen molar-refractivity contribution in [3.05, 3.63) is 70.0 Å². The van der Waals surface area contributed by atoms with Crippen molar-refractivity contribution in [3.63, 3.8) is 0 Å². The summed E-state index contributed by atoms with van der Waals surface area (Å²) in [6.07, 6.45) is 0.420. The van der Waals surface area contributed by atoms with E-state index in [4.69, 9.17) is 27.7 Å². The fourth-order valence-electron chi connectivity index (χ4n) is 2.12. The van der Waals surface area contributed by atoms with Gasteiger partial charge in [0.1, 0.15) is 0 Å². The maximum absolute atomic E-state index is 12.0. The average molecular weight is 362 g/mol. The average Bonchev–Trinajstić information content (AvgIpc) is 3.04. The van der Waals surface area contributed by atoms with Gasteiger partial charge < -0.3 is 9.84 Å². The number of halogens is 2. The molecule has 0 spiro atoms. The summed E-state index contributed by atoms with van der Waals surface area (Å²) in [4.78, 5) is 16.3. The van der Waals surface area contributed by atoms with Crippen LogP contribution >= 0.6 is 23.2 Å². The first-order chi connectivity index (χ1) is 11.6. The van der Waals surface area contributed by atoms with Gasteiger partial charge in [0.25, 0.3) is 5.91 Å². The van der Waals surface area contributed by atoms with Crippen molar-refractivity contribution >= 4 is 29.1 Å². The molecule has 0 unspecified atom stereocenters. The van der Waals surface area contributed by atoms with Crippen molar-refractivity contribution in [2.24, 2.45) is 0 Å². The fourth-order valence-corrected chi connectivity index (χ4v) is 2.53. The summed E-state index contributed by atoms with van der Waals surface area (Å²) in [6.45, 7) is 0.371. The van der Waals surface area contributed by atoms with Crippen LogP contribution in [0.1, 0.15) is 16.2 Å². The monoisotopic (exact) mass is 361 g/mol. The Hall–Kier alpha value is -2.37. The van der Waals surface area contributed by atoms with Crippen LogP contribution in [0.4, 0.5) is 0 Å². The van der Waals surface area contributed by atoms with Crippen LogP contribution in [0, 0.1) is 0 Å². The van der Waals surface area contributed by atoms with Gasteiger partial charge in [0.15, 0.2) is 0 Å². The van der Waals surface area contributed by atoms with Gasteiger partial charge in [-0.25, -0.2) is 0 Å². The molecule has 1 heterocycles. The first-order valence-electron chi connectivity index (χ1n) is 7.25. The minimum absolute atomic E-state index is 0.205. The van der Waals surface area contributed by atoms with Crippen molar-refractivity contribution in [3.8, 4) is 11.4 Å². The van der Waals surface area contributed by atoms with Gasteiger partial charge in [-0.05, 0) is 30.3 Å². The molecule has 3 aromatic rings. The Morgan fingerprint density at radius 2 is 1.96 bits per heavy atom. The summed E-state index contributed by atoms with van der Waals surface area (Å²) in [6, 6.07) is 14.0. The molecule has 0 atom stereocenters. The molecular formula is C17H13Cl2N3O2. The van der Waals surface area contributed by atoms with Gasteiger partial charge in [-0.1, -0.05) is 46.6 Å². The van der Waals surface area contributed by atoms with Crippen molar-refractivity contribution in [2.45, 2.75) is 6.42 Å². The zero-order valence-electron chi connectivity index (χ0n) is 12.5. The molecule has 7 heteroatoms. The third-order valence-electron chi connectivity index (χ3n) is 3.29. The van der Waals surface area contributed by atoms with E-state index < -0.39 is 0 Å². The summed E-state index contributed by atoms with van der Waals surface area (Å²) in [5, 5.41) is 7.77. The molecule has 2 aromatic carbocycles. The number of nitrogens with one attached hydrogen (secondary N) is 1. The molecule has 0 aliphatic carbocycles. The van der Waals surface area contributed by atoms with Gasteiger partial charge in [0.2, 0.25) is 11.7 Å². The number of hydrogen-bond acceptors (Lipinski definition) is 4. The van der Waals surface area contributed by atoms with Crippen molar-refractivity contribution in [1.29, 1.82) is 0 Å². The number of aromatic nitrogens is 2. The Bertz CT molecular complexity index is 864. The van der Waals surface area contributed by atoms with Crippen LogP contribution in [0.5, 0.6) is 0 Å². The van der Waals surface area contributed by atoms with Gasteiger partial charge in [-0.15, -0.1) is 0 Å². The minimum atomic E-state index is -0.205. The quantitative estimate of drug-likeness (QED) is 0.745. The van der Waals surface area contributed by atoms with E-state index in [0.29, 0.717) is 45.9 Å². The highest BCUT2D eigenvalue weighted by atomic mass is 35.5. The van der Waals surface area contributed by atoms with E-state index in [0.717, 1.165) is 0 Å². The van der Waals surface area contributed by atoms with E-state index >= 15 is 0 Å². The maximum atomic E-state index is 12.0. The second kappa shape index (κ2) is 7.47. The number of benzene rings is 2. The molecule has 0 saturated heterocycles. The van der Waals surface area contributed by atoms with E-state index in [1.54, 1.807) is 30.3 Å². The predicted octanol–water partition coefficient (Wildman–Crippen LogP) is 4.02. The summed E-state index contributed by atoms with van der Waals surface area (Å²) >= 11 is 12.0. The molecule has 24 heavy (non-hydrogen) atoms. The first kappa shape index (κ1) is 16.5. The van der Waals surface area contributed by atoms with Crippen LogP contribution in [0.15, 0.2) is 53.1 Å². The smallest absolute Gasteiger partial charge is 0.251 e. The molecule has 122 valence electrons. The number of nitrogens with zero attached hydrogens (tertiary/aromatic N) is 2. The number of hydrogen-bond donors (Lipinski definition) is 1. The zero-order valence-corrected chi connectivity index (χ0v) is 14.0. The summed E-state index contributed by atoms with van der Waals surface area (Å²) < 4.78 is 5.19. The Balaban J connectivity index is 1.58. The van der Waals surface area contributed by atoms with Crippen LogP contribution in [0.25, 0.3) is 11.4 Å². The van der Waals surface area contributed by atoms with Gasteiger partial charge >= 0.3 is 0 Å². The largest absolute Gasteiger partial charge is 0.352 e. The second-order valence-corrected chi connectivity index (χ2v) is 5.85. The zero-order chi connectivity index (χ0) is 16.9. The second-order valence-electron chi connectivity index (χ2n) is 5.01. The van der Waals surface area contributed by atoms with Crippen LogP contribution in [0.2, 0.25) is 10.0 Å². The van der Waals surface area contributed by atoms with Gasteiger partial charge in [0, 0.05) is 29.1 Å². The summed E-state index contributed by atoms with van der Waals surface area (Å²) in [5.74, 6) is 0.649. The minimum Gasteiger partial charge on any atom is -0.352 e. The molecule has 0 bridgehead atoms. The topological polar surface area (TPSA) is 68.0 Å². The molecule has 1 aromatic heterocycles. The molecule has 1 N–H and O–H groups in total.